The van der Waals surface area contributed by atoms with Crippen LogP contribution >= 0.6 is 0 Å². The number of nitro groups is 1. The highest BCUT2D eigenvalue weighted by Crippen LogP contribution is 2.23. The second-order valence-electron chi connectivity index (χ2n) is 10.6. The lowest BCUT2D eigenvalue weighted by atomic mass is 10.1. The zero-order valence-electron chi connectivity index (χ0n) is 23.7. The number of piperazine rings is 1. The molecule has 0 spiro atoms. The predicted molar refractivity (Wildman–Crippen MR) is 159 cm³/mol. The summed E-state index contributed by atoms with van der Waals surface area (Å²) in [6, 6.07) is 18.4. The van der Waals surface area contributed by atoms with E-state index < -0.39 is 40.4 Å². The molecule has 0 amide bonds. The van der Waals surface area contributed by atoms with Crippen LogP contribution in [0.25, 0.3) is 0 Å². The van der Waals surface area contributed by atoms with Gasteiger partial charge in [0.05, 0.1) is 18.0 Å². The van der Waals surface area contributed by atoms with Crippen LogP contribution in [0.4, 0.5) is 20.2 Å². The molecule has 1 aliphatic heterocycles. The van der Waals surface area contributed by atoms with E-state index in [9.17, 15) is 28.5 Å². The van der Waals surface area contributed by atoms with E-state index in [1.807, 2.05) is 11.0 Å². The molecule has 1 aliphatic rings. The number of aromatic nitrogens is 2. The molecule has 224 valence electrons. The Morgan fingerprint density at radius 3 is 2.14 bits per heavy atom. The van der Waals surface area contributed by atoms with Crippen LogP contribution in [0.5, 0.6) is 0 Å². The molecule has 43 heavy (non-hydrogen) atoms. The summed E-state index contributed by atoms with van der Waals surface area (Å²) in [5.74, 6) is -1.59. The quantitative estimate of drug-likeness (QED) is 0.234. The number of benzene rings is 3. The van der Waals surface area contributed by atoms with Crippen LogP contribution in [0.1, 0.15) is 28.4 Å². The predicted octanol–water partition coefficient (Wildman–Crippen LogP) is 3.58. The summed E-state index contributed by atoms with van der Waals surface area (Å²) in [7, 11) is 0. The number of nitrogens with two attached hydrogens (primary N) is 1. The number of para-hydroxylation sites is 1. The van der Waals surface area contributed by atoms with Gasteiger partial charge in [0, 0.05) is 61.7 Å². The molecular formula is C31H32F2N6O4. The van der Waals surface area contributed by atoms with Gasteiger partial charge in [-0.05, 0) is 24.6 Å². The number of rotatable bonds is 9. The molecule has 1 saturated heterocycles. The standard InChI is InChI=1S/C31H32F2N6O4/c1-21-29(36-16-14-35(15-17-36)18-23-10-5-6-13-28(23)39(42)43)30(40)38(20-27(34)22-8-3-2-4-9-22)31(41)37(21)19-24-25(32)11-7-12-26(24)33/h2-13,27H,14-20,34H2,1H3. The highest BCUT2D eigenvalue weighted by atomic mass is 19.1. The molecule has 1 atom stereocenters. The smallest absolute Gasteiger partial charge is 0.331 e. The summed E-state index contributed by atoms with van der Waals surface area (Å²) in [5.41, 5.74) is 6.78. The van der Waals surface area contributed by atoms with Crippen LogP contribution in [-0.4, -0.2) is 45.1 Å². The van der Waals surface area contributed by atoms with Crippen molar-refractivity contribution in [3.63, 3.8) is 0 Å². The van der Waals surface area contributed by atoms with Gasteiger partial charge in [0.15, 0.2) is 0 Å². The Morgan fingerprint density at radius 1 is 0.860 bits per heavy atom. The van der Waals surface area contributed by atoms with Gasteiger partial charge in [-0.1, -0.05) is 54.6 Å². The molecule has 5 rings (SSSR count). The Hall–Kier alpha value is -4.68. The second kappa shape index (κ2) is 12.7. The minimum absolute atomic E-state index is 0.0471. The van der Waals surface area contributed by atoms with E-state index in [4.69, 9.17) is 5.73 Å². The van der Waals surface area contributed by atoms with Gasteiger partial charge in [0.25, 0.3) is 11.2 Å². The van der Waals surface area contributed by atoms with E-state index in [-0.39, 0.29) is 29.2 Å². The molecule has 1 aromatic heterocycles. The highest BCUT2D eigenvalue weighted by Gasteiger charge is 2.27. The van der Waals surface area contributed by atoms with Gasteiger partial charge in [-0.2, -0.15) is 0 Å². The molecule has 1 fully saturated rings. The van der Waals surface area contributed by atoms with Crippen molar-refractivity contribution in [1.82, 2.24) is 14.0 Å². The SMILES string of the molecule is Cc1c(N2CCN(Cc3ccccc3[N+](=O)[O-])CC2)c(=O)n(CC(N)c2ccccc2)c(=O)n1Cc1c(F)cccc1F. The first-order valence-corrected chi connectivity index (χ1v) is 13.9. The van der Waals surface area contributed by atoms with Crippen molar-refractivity contribution in [1.29, 1.82) is 0 Å². The van der Waals surface area contributed by atoms with Crippen LogP contribution in [0, 0.1) is 28.7 Å². The monoisotopic (exact) mass is 590 g/mol. The van der Waals surface area contributed by atoms with E-state index in [0.29, 0.717) is 38.3 Å². The van der Waals surface area contributed by atoms with Crippen molar-refractivity contribution in [2.24, 2.45) is 5.73 Å². The number of anilines is 1. The lowest BCUT2D eigenvalue weighted by Crippen LogP contribution is -2.51. The number of hydrogen-bond acceptors (Lipinski definition) is 7. The fraction of sp³-hybridized carbons (Fsp3) is 0.290. The van der Waals surface area contributed by atoms with Crippen LogP contribution < -0.4 is 21.9 Å². The fourth-order valence-electron chi connectivity index (χ4n) is 5.53. The molecule has 0 radical (unpaired) electrons. The molecule has 3 aromatic carbocycles. The number of nitro benzene ring substituents is 1. The zero-order chi connectivity index (χ0) is 30.7. The third-order valence-corrected chi connectivity index (χ3v) is 7.91. The molecule has 1 unspecified atom stereocenters. The molecule has 0 saturated carbocycles. The molecule has 12 heteroatoms. The van der Waals surface area contributed by atoms with Crippen LogP contribution in [0.15, 0.2) is 82.4 Å². The van der Waals surface area contributed by atoms with Gasteiger partial charge in [-0.3, -0.25) is 28.9 Å². The van der Waals surface area contributed by atoms with Crippen LogP contribution in [0.2, 0.25) is 0 Å². The van der Waals surface area contributed by atoms with E-state index in [1.165, 1.54) is 16.7 Å². The third kappa shape index (κ3) is 6.25. The van der Waals surface area contributed by atoms with E-state index in [0.717, 1.165) is 22.3 Å². The first-order valence-electron chi connectivity index (χ1n) is 13.9. The van der Waals surface area contributed by atoms with Crippen LogP contribution in [-0.2, 0) is 19.6 Å². The Bertz CT molecular complexity index is 1730. The lowest BCUT2D eigenvalue weighted by molar-refractivity contribution is -0.385. The molecule has 2 N–H and O–H groups in total. The first-order chi connectivity index (χ1) is 20.7. The molecule has 10 nitrogen and oxygen atoms in total. The minimum atomic E-state index is -0.796. The van der Waals surface area contributed by atoms with Gasteiger partial charge in [-0.25, -0.2) is 13.6 Å². The normalized spacial score (nSPS) is 14.6. The molecule has 2 heterocycles. The third-order valence-electron chi connectivity index (χ3n) is 7.91. The van der Waals surface area contributed by atoms with Crippen molar-refractivity contribution in [3.05, 3.63) is 138 Å². The van der Waals surface area contributed by atoms with E-state index in [2.05, 4.69) is 4.90 Å². The summed E-state index contributed by atoms with van der Waals surface area (Å²) in [4.78, 5) is 42.6. The van der Waals surface area contributed by atoms with Crippen molar-refractivity contribution in [2.45, 2.75) is 32.6 Å². The van der Waals surface area contributed by atoms with Crippen molar-refractivity contribution >= 4 is 11.4 Å². The summed E-state index contributed by atoms with van der Waals surface area (Å²) < 4.78 is 31.6. The Balaban J connectivity index is 1.49. The van der Waals surface area contributed by atoms with E-state index >= 15 is 0 Å². The number of hydrogen-bond donors (Lipinski definition) is 1. The van der Waals surface area contributed by atoms with Gasteiger partial charge in [0.2, 0.25) is 0 Å². The molecule has 0 aliphatic carbocycles. The van der Waals surface area contributed by atoms with Gasteiger partial charge in [0.1, 0.15) is 17.3 Å². The average Bonchev–Trinajstić information content (AvgIpc) is 3.00. The van der Waals surface area contributed by atoms with Crippen LogP contribution in [0.3, 0.4) is 0 Å². The molecular weight excluding hydrogens is 558 g/mol. The summed E-state index contributed by atoms with van der Waals surface area (Å²) in [6.45, 7) is 3.21. The largest absolute Gasteiger partial charge is 0.363 e. The molecule has 0 bridgehead atoms. The average molecular weight is 591 g/mol. The fourth-order valence-corrected chi connectivity index (χ4v) is 5.53. The topological polar surface area (TPSA) is 120 Å². The second-order valence-corrected chi connectivity index (χ2v) is 10.6. The minimum Gasteiger partial charge on any atom is -0.363 e. The molecule has 4 aromatic rings. The van der Waals surface area contributed by atoms with E-state index in [1.54, 1.807) is 49.4 Å². The number of nitrogens with zero attached hydrogens (tertiary/aromatic N) is 5. The zero-order valence-corrected chi connectivity index (χ0v) is 23.7. The summed E-state index contributed by atoms with van der Waals surface area (Å²) in [6.07, 6.45) is 0. The number of halogens is 2. The van der Waals surface area contributed by atoms with Gasteiger partial charge < -0.3 is 10.6 Å². The maximum atomic E-state index is 14.7. The van der Waals surface area contributed by atoms with Crippen molar-refractivity contribution in [3.8, 4) is 0 Å². The Kier molecular flexibility index (Phi) is 8.78. The van der Waals surface area contributed by atoms with Crippen molar-refractivity contribution in [2.75, 3.05) is 31.1 Å². The summed E-state index contributed by atoms with van der Waals surface area (Å²) in [5, 5.41) is 11.5. The Morgan fingerprint density at radius 2 is 1.49 bits per heavy atom. The first kappa shape index (κ1) is 29.8. The Labute approximate surface area is 246 Å². The summed E-state index contributed by atoms with van der Waals surface area (Å²) >= 11 is 0. The highest BCUT2D eigenvalue weighted by molar-refractivity contribution is 5.50. The van der Waals surface area contributed by atoms with Gasteiger partial charge >= 0.3 is 5.69 Å². The maximum Gasteiger partial charge on any atom is 0.331 e. The van der Waals surface area contributed by atoms with Gasteiger partial charge in [-0.15, -0.1) is 0 Å². The van der Waals surface area contributed by atoms with Crippen molar-refractivity contribution < 1.29 is 13.7 Å². The lowest BCUT2D eigenvalue weighted by Gasteiger charge is -2.36. The maximum absolute atomic E-state index is 14.7.